The fourth-order valence-electron chi connectivity index (χ4n) is 1.76. The van der Waals surface area contributed by atoms with E-state index in [1.54, 1.807) is 36.0 Å². The van der Waals surface area contributed by atoms with Gasteiger partial charge >= 0.3 is 0 Å². The molecule has 0 bridgehead atoms. The molecule has 0 aromatic heterocycles. The Morgan fingerprint density at radius 2 is 1.95 bits per heavy atom. The first kappa shape index (κ1) is 13.7. The number of thioether (sulfide) groups is 1. The number of aliphatic hydroxyl groups excluding tert-OH is 1. The summed E-state index contributed by atoms with van der Waals surface area (Å²) < 4.78 is 0. The lowest BCUT2D eigenvalue weighted by atomic mass is 10.1. The predicted octanol–water partition coefficient (Wildman–Crippen LogP) is 3.69. The van der Waals surface area contributed by atoms with E-state index in [-0.39, 0.29) is 0 Å². The lowest BCUT2D eigenvalue weighted by molar-refractivity contribution is 0.204. The van der Waals surface area contributed by atoms with E-state index in [9.17, 15) is 5.11 Å². The zero-order valence-corrected chi connectivity index (χ0v) is 11.5. The van der Waals surface area contributed by atoms with Crippen molar-refractivity contribution >= 4 is 11.8 Å². The molecule has 1 atom stereocenters. The van der Waals surface area contributed by atoms with Crippen molar-refractivity contribution in [3.63, 3.8) is 0 Å². The highest BCUT2D eigenvalue weighted by atomic mass is 32.2. The highest BCUT2D eigenvalue weighted by Gasteiger charge is 2.08. The molecule has 0 radical (unpaired) electrons. The lowest BCUT2D eigenvalue weighted by Crippen LogP contribution is -2.00. The van der Waals surface area contributed by atoms with Gasteiger partial charge in [0.2, 0.25) is 0 Å². The third-order valence-corrected chi connectivity index (χ3v) is 3.89. The van der Waals surface area contributed by atoms with Gasteiger partial charge in [0.1, 0.15) is 0 Å². The fourth-order valence-corrected chi connectivity index (χ4v) is 2.74. The molecule has 0 aliphatic heterocycles. The number of hydrogen-bond donors (Lipinski definition) is 1. The van der Waals surface area contributed by atoms with E-state index in [0.29, 0.717) is 11.3 Å². The molecular weight excluding hydrogens is 254 g/mol. The van der Waals surface area contributed by atoms with Crippen LogP contribution in [0, 0.1) is 18.3 Å². The van der Waals surface area contributed by atoms with Gasteiger partial charge in [0.25, 0.3) is 0 Å². The Morgan fingerprint density at radius 1 is 1.21 bits per heavy atom. The number of benzene rings is 2. The van der Waals surface area contributed by atoms with Crippen LogP contribution in [0.5, 0.6) is 0 Å². The van der Waals surface area contributed by atoms with Crippen LogP contribution in [0.1, 0.15) is 22.8 Å². The van der Waals surface area contributed by atoms with E-state index < -0.39 is 6.10 Å². The summed E-state index contributed by atoms with van der Waals surface area (Å²) in [7, 11) is 0. The summed E-state index contributed by atoms with van der Waals surface area (Å²) in [6.07, 6.45) is -0.516. The Kier molecular flexibility index (Phi) is 4.62. The number of aryl methyl sites for hydroxylation is 1. The van der Waals surface area contributed by atoms with Crippen LogP contribution >= 0.6 is 11.8 Å². The molecule has 0 aliphatic carbocycles. The van der Waals surface area contributed by atoms with Crippen molar-refractivity contribution in [2.24, 2.45) is 0 Å². The van der Waals surface area contributed by atoms with Crippen LogP contribution in [0.2, 0.25) is 0 Å². The standard InChI is InChI=1S/C16H15NOS/c1-12-3-2-4-15(9-12)19-11-16(18)14-7-5-13(10-17)6-8-14/h2-9,16,18H,11H2,1H3. The fraction of sp³-hybridized carbons (Fsp3) is 0.188. The maximum Gasteiger partial charge on any atom is 0.0991 e. The van der Waals surface area contributed by atoms with Crippen LogP contribution in [-0.2, 0) is 0 Å². The van der Waals surface area contributed by atoms with Gasteiger partial charge in [-0.1, -0.05) is 29.8 Å². The van der Waals surface area contributed by atoms with Gasteiger partial charge < -0.3 is 5.11 Å². The molecule has 2 aromatic rings. The summed E-state index contributed by atoms with van der Waals surface area (Å²) in [5.41, 5.74) is 2.68. The van der Waals surface area contributed by atoms with E-state index in [1.165, 1.54) is 5.56 Å². The molecule has 3 heteroatoms. The molecule has 2 aromatic carbocycles. The van der Waals surface area contributed by atoms with Crippen molar-refractivity contribution < 1.29 is 5.11 Å². The zero-order valence-electron chi connectivity index (χ0n) is 10.7. The largest absolute Gasteiger partial charge is 0.388 e. The quantitative estimate of drug-likeness (QED) is 0.861. The Bertz CT molecular complexity index is 586. The molecule has 96 valence electrons. The second-order valence-corrected chi connectivity index (χ2v) is 5.47. The van der Waals surface area contributed by atoms with Crippen LogP contribution in [0.4, 0.5) is 0 Å². The summed E-state index contributed by atoms with van der Waals surface area (Å²) in [5.74, 6) is 0.607. The lowest BCUT2D eigenvalue weighted by Gasteiger charge is -2.11. The molecule has 2 nitrogen and oxygen atoms in total. The molecule has 2 rings (SSSR count). The van der Waals surface area contributed by atoms with Gasteiger partial charge in [-0.15, -0.1) is 11.8 Å². The summed E-state index contributed by atoms with van der Waals surface area (Å²) in [6, 6.07) is 17.4. The molecular formula is C16H15NOS. The van der Waals surface area contributed by atoms with Gasteiger partial charge in [0, 0.05) is 10.6 Å². The SMILES string of the molecule is Cc1cccc(SCC(O)c2ccc(C#N)cc2)c1. The Hall–Kier alpha value is -1.76. The second kappa shape index (κ2) is 6.42. The van der Waals surface area contributed by atoms with E-state index in [0.717, 1.165) is 10.5 Å². The number of nitrogens with zero attached hydrogens (tertiary/aromatic N) is 1. The monoisotopic (exact) mass is 269 g/mol. The van der Waals surface area contributed by atoms with Gasteiger partial charge in [0.15, 0.2) is 0 Å². The topological polar surface area (TPSA) is 44.0 Å². The first-order valence-corrected chi connectivity index (χ1v) is 7.05. The summed E-state index contributed by atoms with van der Waals surface area (Å²) in [6.45, 7) is 2.06. The highest BCUT2D eigenvalue weighted by Crippen LogP contribution is 2.25. The normalized spacial score (nSPS) is 11.8. The molecule has 0 heterocycles. The Balaban J connectivity index is 1.97. The number of aliphatic hydroxyl groups is 1. The van der Waals surface area contributed by atoms with Crippen molar-refractivity contribution in [3.8, 4) is 6.07 Å². The van der Waals surface area contributed by atoms with Crippen molar-refractivity contribution in [2.45, 2.75) is 17.9 Å². The van der Waals surface area contributed by atoms with E-state index >= 15 is 0 Å². The minimum atomic E-state index is -0.516. The van der Waals surface area contributed by atoms with Crippen molar-refractivity contribution in [2.75, 3.05) is 5.75 Å². The molecule has 1 unspecified atom stereocenters. The Morgan fingerprint density at radius 3 is 2.58 bits per heavy atom. The molecule has 0 saturated carbocycles. The van der Waals surface area contributed by atoms with Crippen LogP contribution in [0.25, 0.3) is 0 Å². The van der Waals surface area contributed by atoms with Crippen LogP contribution in [0.15, 0.2) is 53.4 Å². The average molecular weight is 269 g/mol. The molecule has 0 aliphatic rings. The molecule has 0 amide bonds. The van der Waals surface area contributed by atoms with Crippen LogP contribution < -0.4 is 0 Å². The van der Waals surface area contributed by atoms with Crippen LogP contribution in [0.3, 0.4) is 0 Å². The minimum absolute atomic E-state index is 0.516. The number of hydrogen-bond acceptors (Lipinski definition) is 3. The summed E-state index contributed by atoms with van der Waals surface area (Å²) in [4.78, 5) is 1.16. The van der Waals surface area contributed by atoms with E-state index in [2.05, 4.69) is 25.1 Å². The third kappa shape index (κ3) is 3.85. The van der Waals surface area contributed by atoms with Crippen molar-refractivity contribution in [1.82, 2.24) is 0 Å². The summed E-state index contributed by atoms with van der Waals surface area (Å²) >= 11 is 1.63. The smallest absolute Gasteiger partial charge is 0.0991 e. The van der Waals surface area contributed by atoms with Gasteiger partial charge in [0.05, 0.1) is 17.7 Å². The average Bonchev–Trinajstić information content (AvgIpc) is 2.45. The molecule has 0 fully saturated rings. The number of rotatable bonds is 4. The zero-order chi connectivity index (χ0) is 13.7. The minimum Gasteiger partial charge on any atom is -0.388 e. The maximum atomic E-state index is 10.1. The second-order valence-electron chi connectivity index (χ2n) is 4.38. The maximum absolute atomic E-state index is 10.1. The first-order valence-electron chi connectivity index (χ1n) is 6.06. The summed E-state index contributed by atoms with van der Waals surface area (Å²) in [5, 5.41) is 18.8. The third-order valence-electron chi connectivity index (χ3n) is 2.82. The van der Waals surface area contributed by atoms with Gasteiger partial charge in [-0.2, -0.15) is 5.26 Å². The van der Waals surface area contributed by atoms with Crippen molar-refractivity contribution in [1.29, 1.82) is 5.26 Å². The van der Waals surface area contributed by atoms with Gasteiger partial charge in [-0.25, -0.2) is 0 Å². The van der Waals surface area contributed by atoms with Gasteiger partial charge in [-0.05, 0) is 36.8 Å². The van der Waals surface area contributed by atoms with Gasteiger partial charge in [-0.3, -0.25) is 0 Å². The predicted molar refractivity (Wildman–Crippen MR) is 78.0 cm³/mol. The molecule has 1 N–H and O–H groups in total. The highest BCUT2D eigenvalue weighted by molar-refractivity contribution is 7.99. The Labute approximate surface area is 117 Å². The van der Waals surface area contributed by atoms with E-state index in [4.69, 9.17) is 5.26 Å². The first-order chi connectivity index (χ1) is 9.19. The van der Waals surface area contributed by atoms with E-state index in [1.807, 2.05) is 12.1 Å². The van der Waals surface area contributed by atoms with Crippen LogP contribution in [-0.4, -0.2) is 10.9 Å². The molecule has 0 saturated heterocycles. The molecule has 19 heavy (non-hydrogen) atoms. The number of nitriles is 1. The van der Waals surface area contributed by atoms with Crippen molar-refractivity contribution in [3.05, 3.63) is 65.2 Å². The molecule has 0 spiro atoms.